The van der Waals surface area contributed by atoms with E-state index in [4.69, 9.17) is 23.7 Å². The van der Waals surface area contributed by atoms with Crippen molar-refractivity contribution in [3.05, 3.63) is 89.0 Å². The maximum atomic E-state index is 13.3. The van der Waals surface area contributed by atoms with Gasteiger partial charge in [0, 0.05) is 24.1 Å². The maximum absolute atomic E-state index is 13.3. The van der Waals surface area contributed by atoms with Crippen LogP contribution in [0.1, 0.15) is 50.8 Å². The minimum atomic E-state index is -1.34. The summed E-state index contributed by atoms with van der Waals surface area (Å²) in [5.74, 6) is -0.875. The average molecular weight is 550 g/mol. The standard InChI is InChI=1S/C30H31NO9/c1-36-24-16-19(17-25(37-2)28(24)38-3)18-31-29(34)27(21-10-12-22(13-11-21)30(35)39-4)40-26(33)15-14-23(32)20-8-6-5-7-9-20/h5-13,16-17,27H,14-15,18H2,1-4H3,(H,31,34). The third-order valence-corrected chi connectivity index (χ3v) is 5.97. The zero-order valence-corrected chi connectivity index (χ0v) is 22.7. The van der Waals surface area contributed by atoms with E-state index in [0.717, 1.165) is 0 Å². The lowest BCUT2D eigenvalue weighted by Crippen LogP contribution is -2.32. The average Bonchev–Trinajstić information content (AvgIpc) is 3.00. The van der Waals surface area contributed by atoms with Crippen molar-refractivity contribution in [1.29, 1.82) is 0 Å². The van der Waals surface area contributed by atoms with Gasteiger partial charge in [-0.15, -0.1) is 0 Å². The first-order chi connectivity index (χ1) is 19.3. The molecule has 0 saturated carbocycles. The maximum Gasteiger partial charge on any atom is 0.337 e. The molecule has 0 bridgehead atoms. The second-order valence-corrected chi connectivity index (χ2v) is 8.52. The van der Waals surface area contributed by atoms with Gasteiger partial charge in [0.05, 0.1) is 40.4 Å². The molecule has 0 spiro atoms. The number of Topliss-reactive ketones (excluding diaryl/α,β-unsaturated/α-hetero) is 1. The van der Waals surface area contributed by atoms with Crippen molar-refractivity contribution < 1.29 is 42.9 Å². The zero-order chi connectivity index (χ0) is 29.1. The molecule has 3 aromatic rings. The zero-order valence-electron chi connectivity index (χ0n) is 22.7. The van der Waals surface area contributed by atoms with Crippen LogP contribution in [-0.4, -0.2) is 52.1 Å². The van der Waals surface area contributed by atoms with Gasteiger partial charge >= 0.3 is 11.9 Å². The second-order valence-electron chi connectivity index (χ2n) is 8.52. The lowest BCUT2D eigenvalue weighted by atomic mass is 10.1. The largest absolute Gasteiger partial charge is 0.493 e. The third kappa shape index (κ3) is 7.59. The van der Waals surface area contributed by atoms with Crippen LogP contribution < -0.4 is 19.5 Å². The number of esters is 2. The minimum absolute atomic E-state index is 0.0519. The van der Waals surface area contributed by atoms with E-state index in [0.29, 0.717) is 33.9 Å². The van der Waals surface area contributed by atoms with Gasteiger partial charge in [0.15, 0.2) is 17.3 Å². The van der Waals surface area contributed by atoms with Crippen LogP contribution >= 0.6 is 0 Å². The molecule has 0 fully saturated rings. The molecule has 1 amide bonds. The molecular formula is C30H31NO9. The Kier molecular flexibility index (Phi) is 10.6. The molecule has 40 heavy (non-hydrogen) atoms. The summed E-state index contributed by atoms with van der Waals surface area (Å²) < 4.78 is 26.3. The van der Waals surface area contributed by atoms with Gasteiger partial charge in [0.25, 0.3) is 5.91 Å². The topological polar surface area (TPSA) is 126 Å². The Bertz CT molecular complexity index is 1310. The minimum Gasteiger partial charge on any atom is -0.493 e. The predicted molar refractivity (Wildman–Crippen MR) is 145 cm³/mol. The van der Waals surface area contributed by atoms with Crippen molar-refractivity contribution in [3.63, 3.8) is 0 Å². The van der Waals surface area contributed by atoms with Gasteiger partial charge < -0.3 is 29.0 Å². The molecule has 1 atom stereocenters. The van der Waals surface area contributed by atoms with Crippen molar-refractivity contribution >= 4 is 23.6 Å². The van der Waals surface area contributed by atoms with Crippen LogP contribution in [0, 0.1) is 0 Å². The summed E-state index contributed by atoms with van der Waals surface area (Å²) in [6, 6.07) is 17.9. The number of hydrogen-bond donors (Lipinski definition) is 1. The van der Waals surface area contributed by atoms with Gasteiger partial charge in [-0.1, -0.05) is 42.5 Å². The molecule has 0 aliphatic heterocycles. The van der Waals surface area contributed by atoms with E-state index in [-0.39, 0.29) is 30.7 Å². The number of hydrogen-bond acceptors (Lipinski definition) is 9. The van der Waals surface area contributed by atoms with Crippen molar-refractivity contribution in [2.24, 2.45) is 0 Å². The molecule has 3 aromatic carbocycles. The van der Waals surface area contributed by atoms with Crippen LogP contribution in [0.2, 0.25) is 0 Å². The van der Waals surface area contributed by atoms with Crippen molar-refractivity contribution in [3.8, 4) is 17.2 Å². The Morgan fingerprint density at radius 3 is 1.93 bits per heavy atom. The molecule has 210 valence electrons. The Morgan fingerprint density at radius 2 is 1.38 bits per heavy atom. The Hall–Kier alpha value is -4.86. The number of nitrogens with one attached hydrogen (secondary N) is 1. The first-order valence-corrected chi connectivity index (χ1v) is 12.3. The number of carbonyl (C=O) groups excluding carboxylic acids is 4. The van der Waals surface area contributed by atoms with Gasteiger partial charge in [0.2, 0.25) is 11.9 Å². The molecule has 0 aliphatic rings. The van der Waals surface area contributed by atoms with E-state index in [1.165, 1.54) is 52.7 Å². The van der Waals surface area contributed by atoms with Crippen LogP contribution in [0.25, 0.3) is 0 Å². The Morgan fingerprint density at radius 1 is 0.750 bits per heavy atom. The number of methoxy groups -OCH3 is 4. The van der Waals surface area contributed by atoms with Crippen molar-refractivity contribution in [2.45, 2.75) is 25.5 Å². The van der Waals surface area contributed by atoms with Gasteiger partial charge in [-0.2, -0.15) is 0 Å². The van der Waals surface area contributed by atoms with Crippen LogP contribution in [0.3, 0.4) is 0 Å². The fourth-order valence-corrected chi connectivity index (χ4v) is 3.88. The molecule has 10 nitrogen and oxygen atoms in total. The van der Waals surface area contributed by atoms with Crippen LogP contribution in [-0.2, 0) is 25.6 Å². The number of rotatable bonds is 13. The summed E-state index contributed by atoms with van der Waals surface area (Å²) in [6.07, 6.45) is -1.64. The van der Waals surface area contributed by atoms with Crippen LogP contribution in [0.15, 0.2) is 66.7 Å². The smallest absolute Gasteiger partial charge is 0.337 e. The molecule has 3 rings (SSSR count). The van der Waals surface area contributed by atoms with E-state index in [1.54, 1.807) is 42.5 Å². The number of carbonyl (C=O) groups is 4. The Balaban J connectivity index is 1.77. The first-order valence-electron chi connectivity index (χ1n) is 12.3. The molecular weight excluding hydrogens is 518 g/mol. The van der Waals surface area contributed by atoms with Crippen molar-refractivity contribution in [2.75, 3.05) is 28.4 Å². The molecule has 1 unspecified atom stereocenters. The van der Waals surface area contributed by atoms with E-state index in [1.807, 2.05) is 0 Å². The highest BCUT2D eigenvalue weighted by molar-refractivity contribution is 5.97. The second kappa shape index (κ2) is 14.3. The lowest BCUT2D eigenvalue weighted by Gasteiger charge is -2.19. The fraction of sp³-hybridized carbons (Fsp3) is 0.267. The summed E-state index contributed by atoms with van der Waals surface area (Å²) in [7, 11) is 5.71. The number of ether oxygens (including phenoxy) is 5. The summed E-state index contributed by atoms with van der Waals surface area (Å²) in [5, 5.41) is 2.76. The summed E-state index contributed by atoms with van der Waals surface area (Å²) in [4.78, 5) is 50.3. The van der Waals surface area contributed by atoms with E-state index < -0.39 is 23.9 Å². The Labute approximate surface area is 232 Å². The number of benzene rings is 3. The normalized spacial score (nSPS) is 11.1. The van der Waals surface area contributed by atoms with Gasteiger partial charge in [0.1, 0.15) is 0 Å². The van der Waals surface area contributed by atoms with Gasteiger partial charge in [-0.3, -0.25) is 14.4 Å². The highest BCUT2D eigenvalue weighted by atomic mass is 16.5. The molecule has 0 aromatic heterocycles. The number of amides is 1. The van der Waals surface area contributed by atoms with Crippen LogP contribution in [0.5, 0.6) is 17.2 Å². The van der Waals surface area contributed by atoms with Crippen LogP contribution in [0.4, 0.5) is 0 Å². The van der Waals surface area contributed by atoms with E-state index >= 15 is 0 Å². The fourth-order valence-electron chi connectivity index (χ4n) is 3.88. The highest BCUT2D eigenvalue weighted by Crippen LogP contribution is 2.38. The predicted octanol–water partition coefficient (Wildman–Crippen LogP) is 4.06. The monoisotopic (exact) mass is 549 g/mol. The van der Waals surface area contributed by atoms with Gasteiger partial charge in [-0.05, 0) is 29.8 Å². The first kappa shape index (κ1) is 29.7. The summed E-state index contributed by atoms with van der Waals surface area (Å²) in [5.41, 5.74) is 1.72. The quantitative estimate of drug-likeness (QED) is 0.248. The summed E-state index contributed by atoms with van der Waals surface area (Å²) in [6.45, 7) is 0.0519. The summed E-state index contributed by atoms with van der Waals surface area (Å²) >= 11 is 0. The van der Waals surface area contributed by atoms with E-state index in [9.17, 15) is 19.2 Å². The molecule has 1 N–H and O–H groups in total. The van der Waals surface area contributed by atoms with Gasteiger partial charge in [-0.25, -0.2) is 4.79 Å². The highest BCUT2D eigenvalue weighted by Gasteiger charge is 2.26. The molecule has 0 heterocycles. The molecule has 0 aliphatic carbocycles. The van der Waals surface area contributed by atoms with Crippen molar-refractivity contribution in [1.82, 2.24) is 5.32 Å². The SMILES string of the molecule is COC(=O)c1ccc(C(OC(=O)CCC(=O)c2ccccc2)C(=O)NCc2cc(OC)c(OC)c(OC)c2)cc1. The molecule has 0 radical (unpaired) electrons. The van der Waals surface area contributed by atoms with E-state index in [2.05, 4.69) is 5.32 Å². The molecule has 10 heteroatoms. The lowest BCUT2D eigenvalue weighted by molar-refractivity contribution is -0.156. The third-order valence-electron chi connectivity index (χ3n) is 5.97. The number of ketones is 1. The molecule has 0 saturated heterocycles.